The van der Waals surface area contributed by atoms with Gasteiger partial charge in [0.25, 0.3) is 0 Å². The average Bonchev–Trinajstić information content (AvgIpc) is 2.81. The Morgan fingerprint density at radius 3 is 2.61 bits per heavy atom. The molecule has 2 aromatic heterocycles. The molecule has 0 amide bonds. The van der Waals surface area contributed by atoms with Gasteiger partial charge in [0.2, 0.25) is 0 Å². The summed E-state index contributed by atoms with van der Waals surface area (Å²) >= 11 is 0. The average molecular weight is 241 g/mol. The smallest absolute Gasteiger partial charge is 0.141 e. The molecule has 0 atom stereocenters. The van der Waals surface area contributed by atoms with Crippen LogP contribution >= 0.6 is 0 Å². The number of fused-ring (bicyclic) bond motifs is 1. The normalized spacial score (nSPS) is 11.3. The van der Waals surface area contributed by atoms with Gasteiger partial charge in [-0.2, -0.15) is 0 Å². The van der Waals surface area contributed by atoms with Crippen LogP contribution in [-0.2, 0) is 7.05 Å². The van der Waals surface area contributed by atoms with E-state index in [1.54, 1.807) is 0 Å². The molecule has 2 heterocycles. The van der Waals surface area contributed by atoms with Gasteiger partial charge in [0, 0.05) is 12.6 Å². The van der Waals surface area contributed by atoms with E-state index in [-0.39, 0.29) is 0 Å². The topological polar surface area (TPSA) is 43.9 Å². The fourth-order valence-corrected chi connectivity index (χ4v) is 2.37. The Labute approximate surface area is 105 Å². The maximum Gasteiger partial charge on any atom is 0.141 e. The number of hydrogen-bond acceptors (Lipinski definition) is 3. The first-order valence-electron chi connectivity index (χ1n) is 5.94. The summed E-state index contributed by atoms with van der Waals surface area (Å²) < 4.78 is 7.30. The minimum absolute atomic E-state index is 0.847. The molecule has 0 aliphatic heterocycles. The highest BCUT2D eigenvalue weighted by Crippen LogP contribution is 2.29. The van der Waals surface area contributed by atoms with Crippen LogP contribution in [0, 0.1) is 20.8 Å². The van der Waals surface area contributed by atoms with Gasteiger partial charge in [-0.25, -0.2) is 4.98 Å². The van der Waals surface area contributed by atoms with Gasteiger partial charge >= 0.3 is 0 Å². The fourth-order valence-electron chi connectivity index (χ4n) is 2.37. The first-order valence-corrected chi connectivity index (χ1v) is 5.94. The lowest BCUT2D eigenvalue weighted by Gasteiger charge is -2.01. The van der Waals surface area contributed by atoms with Gasteiger partial charge in [0.05, 0.1) is 16.7 Å². The third-order valence-electron chi connectivity index (χ3n) is 3.43. The Balaban J connectivity index is 2.26. The number of rotatable bonds is 1. The van der Waals surface area contributed by atoms with Crippen LogP contribution in [0.4, 0.5) is 0 Å². The predicted molar refractivity (Wildman–Crippen MR) is 70.4 cm³/mol. The molecule has 4 heteroatoms. The second-order valence-electron chi connectivity index (χ2n) is 4.62. The van der Waals surface area contributed by atoms with Gasteiger partial charge in [0.15, 0.2) is 0 Å². The Morgan fingerprint density at radius 2 is 1.94 bits per heavy atom. The first kappa shape index (κ1) is 11.0. The number of aryl methyl sites for hydroxylation is 4. The van der Waals surface area contributed by atoms with Gasteiger partial charge < -0.3 is 9.09 Å². The van der Waals surface area contributed by atoms with E-state index < -0.39 is 0 Å². The lowest BCUT2D eigenvalue weighted by Crippen LogP contribution is -1.89. The van der Waals surface area contributed by atoms with Crippen LogP contribution in [0.5, 0.6) is 0 Å². The quantitative estimate of drug-likeness (QED) is 0.657. The summed E-state index contributed by atoms with van der Waals surface area (Å²) in [6.45, 7) is 5.90. The van der Waals surface area contributed by atoms with Crippen molar-refractivity contribution in [1.29, 1.82) is 0 Å². The number of benzene rings is 1. The van der Waals surface area contributed by atoms with Crippen LogP contribution in [0.1, 0.15) is 17.3 Å². The summed E-state index contributed by atoms with van der Waals surface area (Å²) in [6.07, 6.45) is 0. The van der Waals surface area contributed by atoms with Crippen LogP contribution in [0.25, 0.3) is 22.2 Å². The summed E-state index contributed by atoms with van der Waals surface area (Å²) in [4.78, 5) is 4.55. The summed E-state index contributed by atoms with van der Waals surface area (Å²) in [7, 11) is 2.03. The molecule has 92 valence electrons. The van der Waals surface area contributed by atoms with Crippen molar-refractivity contribution in [3.8, 4) is 11.1 Å². The molecule has 1 aromatic carbocycles. The van der Waals surface area contributed by atoms with Crippen LogP contribution in [0.3, 0.4) is 0 Å². The molecule has 0 bridgehead atoms. The Morgan fingerprint density at radius 1 is 1.17 bits per heavy atom. The summed E-state index contributed by atoms with van der Waals surface area (Å²) in [5.41, 5.74) is 5.24. The molecule has 3 rings (SSSR count). The molecule has 3 aromatic rings. The van der Waals surface area contributed by atoms with Crippen LogP contribution in [0.15, 0.2) is 22.7 Å². The van der Waals surface area contributed by atoms with E-state index in [1.165, 1.54) is 0 Å². The Hall–Kier alpha value is -2.10. The zero-order valence-corrected chi connectivity index (χ0v) is 11.0. The van der Waals surface area contributed by atoms with Crippen molar-refractivity contribution in [1.82, 2.24) is 14.7 Å². The summed E-state index contributed by atoms with van der Waals surface area (Å²) in [6, 6.07) is 6.28. The SMILES string of the molecule is Cc1noc(C)c1-c1ccc2c(c1)nc(C)n2C. The van der Waals surface area contributed by atoms with Gasteiger partial charge in [0.1, 0.15) is 11.6 Å². The molecular formula is C14H15N3O. The van der Waals surface area contributed by atoms with Crippen molar-refractivity contribution < 1.29 is 4.52 Å². The molecular weight excluding hydrogens is 226 g/mol. The number of hydrogen-bond donors (Lipinski definition) is 0. The van der Waals surface area contributed by atoms with Crippen molar-refractivity contribution in [3.63, 3.8) is 0 Å². The van der Waals surface area contributed by atoms with E-state index in [4.69, 9.17) is 4.52 Å². The van der Waals surface area contributed by atoms with Crippen molar-refractivity contribution in [2.24, 2.45) is 7.05 Å². The molecule has 0 unspecified atom stereocenters. The molecule has 0 radical (unpaired) electrons. The van der Waals surface area contributed by atoms with Crippen molar-refractivity contribution in [2.45, 2.75) is 20.8 Å². The Bertz CT molecular complexity index is 717. The lowest BCUT2D eigenvalue weighted by molar-refractivity contribution is 0.393. The van der Waals surface area contributed by atoms with Gasteiger partial charge in [-0.05, 0) is 38.5 Å². The molecule has 0 saturated heterocycles. The van der Waals surface area contributed by atoms with Gasteiger partial charge in [-0.3, -0.25) is 0 Å². The first-order chi connectivity index (χ1) is 8.58. The third-order valence-corrected chi connectivity index (χ3v) is 3.43. The zero-order chi connectivity index (χ0) is 12.9. The van der Waals surface area contributed by atoms with Crippen LogP contribution < -0.4 is 0 Å². The minimum Gasteiger partial charge on any atom is -0.361 e. The Kier molecular flexibility index (Phi) is 2.26. The van der Waals surface area contributed by atoms with Crippen molar-refractivity contribution >= 4 is 11.0 Å². The zero-order valence-electron chi connectivity index (χ0n) is 11.0. The van der Waals surface area contributed by atoms with Gasteiger partial charge in [-0.1, -0.05) is 11.2 Å². The molecule has 4 nitrogen and oxygen atoms in total. The highest BCUT2D eigenvalue weighted by Gasteiger charge is 2.13. The van der Waals surface area contributed by atoms with E-state index in [0.29, 0.717) is 0 Å². The standard InChI is InChI=1S/C14H15N3O/c1-8-14(9(2)18-16-8)11-5-6-13-12(7-11)15-10(3)17(13)4/h5-7H,1-4H3. The van der Waals surface area contributed by atoms with E-state index in [2.05, 4.69) is 32.9 Å². The molecule has 0 fully saturated rings. The number of aromatic nitrogens is 3. The summed E-state index contributed by atoms with van der Waals surface area (Å²) in [5, 5.41) is 3.99. The lowest BCUT2D eigenvalue weighted by atomic mass is 10.0. The third kappa shape index (κ3) is 1.45. The van der Waals surface area contributed by atoms with Gasteiger partial charge in [-0.15, -0.1) is 0 Å². The summed E-state index contributed by atoms with van der Waals surface area (Å²) in [5.74, 6) is 1.86. The molecule has 0 N–H and O–H groups in total. The fraction of sp³-hybridized carbons (Fsp3) is 0.286. The van der Waals surface area contributed by atoms with Crippen molar-refractivity contribution in [2.75, 3.05) is 0 Å². The van der Waals surface area contributed by atoms with E-state index in [1.807, 2.05) is 27.8 Å². The highest BCUT2D eigenvalue weighted by molar-refractivity contribution is 5.83. The van der Waals surface area contributed by atoms with E-state index in [0.717, 1.165) is 39.4 Å². The molecule has 0 spiro atoms. The molecule has 0 saturated carbocycles. The van der Waals surface area contributed by atoms with E-state index in [9.17, 15) is 0 Å². The second kappa shape index (κ2) is 3.70. The van der Waals surface area contributed by atoms with Crippen LogP contribution in [-0.4, -0.2) is 14.7 Å². The minimum atomic E-state index is 0.847. The highest BCUT2D eigenvalue weighted by atomic mass is 16.5. The largest absolute Gasteiger partial charge is 0.361 e. The predicted octanol–water partition coefficient (Wildman–Crippen LogP) is 3.15. The number of nitrogens with zero attached hydrogens (tertiary/aromatic N) is 3. The van der Waals surface area contributed by atoms with Crippen LogP contribution in [0.2, 0.25) is 0 Å². The maximum atomic E-state index is 5.22. The van der Waals surface area contributed by atoms with Crippen molar-refractivity contribution in [3.05, 3.63) is 35.5 Å². The maximum absolute atomic E-state index is 5.22. The second-order valence-corrected chi connectivity index (χ2v) is 4.62. The number of imidazole rings is 1. The monoisotopic (exact) mass is 241 g/mol. The molecule has 0 aliphatic rings. The molecule has 18 heavy (non-hydrogen) atoms. The van der Waals surface area contributed by atoms with E-state index >= 15 is 0 Å². The molecule has 0 aliphatic carbocycles.